The quantitative estimate of drug-likeness (QED) is 0.322. The molecule has 0 fully saturated rings. The van der Waals surface area contributed by atoms with E-state index in [9.17, 15) is 0 Å². The molecule has 0 aliphatic rings. The van der Waals surface area contributed by atoms with Gasteiger partial charge in [-0.2, -0.15) is 0 Å². The number of alkyl halides is 1. The molecule has 0 aliphatic carbocycles. The summed E-state index contributed by atoms with van der Waals surface area (Å²) >= 11 is 5.47. The Balaban J connectivity index is 3.35. The van der Waals surface area contributed by atoms with Gasteiger partial charge in [0, 0.05) is 5.50 Å². The van der Waals surface area contributed by atoms with Crippen LogP contribution < -0.4 is 0 Å². The third kappa shape index (κ3) is 3.05. The molecule has 0 unspecified atom stereocenters. The first-order valence-electron chi connectivity index (χ1n) is 2.39. The number of halogens is 1. The molecular weight excluding hydrogens is 136 g/mol. The molecule has 0 amide bonds. The highest BCUT2D eigenvalue weighted by molar-refractivity contribution is 6.52. The van der Waals surface area contributed by atoms with Crippen LogP contribution in [0.15, 0.2) is 25.3 Å². The van der Waals surface area contributed by atoms with E-state index in [0.29, 0.717) is 11.0 Å². The van der Waals surface area contributed by atoms with E-state index in [-0.39, 0.29) is 0 Å². The first-order valence-corrected chi connectivity index (χ1v) is 4.21. The summed E-state index contributed by atoms with van der Waals surface area (Å²) in [5, 5.41) is 0. The Kier molecular flexibility index (Phi) is 5.12. The maximum atomic E-state index is 5.47. The highest BCUT2D eigenvalue weighted by atomic mass is 35.5. The molecule has 8 heavy (non-hydrogen) atoms. The molecule has 0 spiro atoms. The van der Waals surface area contributed by atoms with E-state index >= 15 is 0 Å². The molecule has 0 aromatic carbocycles. The van der Waals surface area contributed by atoms with Gasteiger partial charge in [-0.1, -0.05) is 12.2 Å². The zero-order valence-electron chi connectivity index (χ0n) is 4.73. The lowest BCUT2D eigenvalue weighted by Gasteiger charge is -1.98. The smallest absolute Gasteiger partial charge is 0.0709 e. The van der Waals surface area contributed by atoms with Crippen molar-refractivity contribution in [3.05, 3.63) is 25.3 Å². The maximum absolute atomic E-state index is 5.47. The Labute approximate surface area is 58.1 Å². The van der Waals surface area contributed by atoms with Crippen LogP contribution in [-0.4, -0.2) is 15.0 Å². The molecular formula is C6H9ClSi. The number of hydrogen-bond acceptors (Lipinski definition) is 0. The van der Waals surface area contributed by atoms with E-state index in [1.807, 2.05) is 12.2 Å². The molecule has 0 aromatic rings. The summed E-state index contributed by atoms with van der Waals surface area (Å²) in [6, 6.07) is 0. The lowest BCUT2D eigenvalue weighted by atomic mass is 10.4. The topological polar surface area (TPSA) is 0 Å². The summed E-state index contributed by atoms with van der Waals surface area (Å²) in [5.41, 5.74) is 1.13. The van der Waals surface area contributed by atoms with Gasteiger partial charge in [-0.15, -0.1) is 24.8 Å². The Morgan fingerprint density at radius 3 is 2.12 bits per heavy atom. The van der Waals surface area contributed by atoms with Crippen LogP contribution in [0, 0.1) is 0 Å². The van der Waals surface area contributed by atoms with Crippen molar-refractivity contribution < 1.29 is 0 Å². The van der Waals surface area contributed by atoms with Crippen LogP contribution >= 0.6 is 11.6 Å². The van der Waals surface area contributed by atoms with E-state index in [1.54, 1.807) is 0 Å². The lowest BCUT2D eigenvalue weighted by Crippen LogP contribution is -1.98. The van der Waals surface area contributed by atoms with Crippen LogP contribution in [0.4, 0.5) is 0 Å². The average molecular weight is 145 g/mol. The van der Waals surface area contributed by atoms with Gasteiger partial charge in [-0.05, 0) is 5.54 Å². The predicted octanol–water partition coefficient (Wildman–Crippen LogP) is 2.05. The highest BCUT2D eigenvalue weighted by Crippen LogP contribution is 2.03. The lowest BCUT2D eigenvalue weighted by molar-refractivity contribution is 1.37. The Morgan fingerprint density at radius 2 is 2.00 bits per heavy atom. The minimum absolute atomic E-state index is 0.424. The van der Waals surface area contributed by atoms with E-state index in [0.717, 1.165) is 9.52 Å². The molecule has 0 bridgehead atoms. The summed E-state index contributed by atoms with van der Waals surface area (Å²) in [5.74, 6) is 0. The Hall–Kier alpha value is -0.0131. The van der Waals surface area contributed by atoms with Gasteiger partial charge in [0.25, 0.3) is 0 Å². The van der Waals surface area contributed by atoms with Gasteiger partial charge < -0.3 is 0 Å². The van der Waals surface area contributed by atoms with Gasteiger partial charge in [0.05, 0.1) is 9.52 Å². The van der Waals surface area contributed by atoms with Crippen LogP contribution in [0.5, 0.6) is 0 Å². The van der Waals surface area contributed by atoms with Crippen molar-refractivity contribution in [3.63, 3.8) is 0 Å². The zero-order valence-corrected chi connectivity index (χ0v) is 6.49. The van der Waals surface area contributed by atoms with Gasteiger partial charge in [-0.25, -0.2) is 0 Å². The van der Waals surface area contributed by atoms with E-state index < -0.39 is 0 Å². The van der Waals surface area contributed by atoms with Gasteiger partial charge in [0.15, 0.2) is 0 Å². The van der Waals surface area contributed by atoms with Crippen LogP contribution in [0.1, 0.15) is 0 Å². The van der Waals surface area contributed by atoms with Gasteiger partial charge >= 0.3 is 0 Å². The third-order valence-electron chi connectivity index (χ3n) is 0.821. The summed E-state index contributed by atoms with van der Waals surface area (Å²) in [6.07, 6.45) is 3.74. The molecule has 2 heteroatoms. The normalized spacial score (nSPS) is 9.25. The van der Waals surface area contributed by atoms with E-state index in [4.69, 9.17) is 11.6 Å². The first-order chi connectivity index (χ1) is 3.85. The van der Waals surface area contributed by atoms with Crippen molar-refractivity contribution in [1.29, 1.82) is 0 Å². The second-order valence-corrected chi connectivity index (χ2v) is 3.48. The molecule has 44 valence electrons. The van der Waals surface area contributed by atoms with Crippen molar-refractivity contribution in [2.75, 3.05) is 5.50 Å². The molecule has 0 N–H and O–H groups in total. The van der Waals surface area contributed by atoms with E-state index in [2.05, 4.69) is 13.2 Å². The number of rotatable bonds is 4. The van der Waals surface area contributed by atoms with Crippen molar-refractivity contribution in [2.24, 2.45) is 0 Å². The molecule has 0 aromatic heterocycles. The van der Waals surface area contributed by atoms with Crippen molar-refractivity contribution in [1.82, 2.24) is 0 Å². The van der Waals surface area contributed by atoms with Crippen molar-refractivity contribution >= 4 is 21.1 Å². The monoisotopic (exact) mass is 144 g/mol. The van der Waals surface area contributed by atoms with Crippen LogP contribution in [0.25, 0.3) is 0 Å². The predicted molar refractivity (Wildman–Crippen MR) is 40.6 cm³/mol. The molecule has 0 saturated heterocycles. The third-order valence-corrected chi connectivity index (χ3v) is 2.38. The van der Waals surface area contributed by atoms with Crippen LogP contribution in [0.2, 0.25) is 5.54 Å². The largest absolute Gasteiger partial charge is 0.131 e. The molecule has 0 saturated carbocycles. The van der Waals surface area contributed by atoms with Crippen LogP contribution in [0.3, 0.4) is 0 Å². The molecule has 0 aliphatic heterocycles. The number of hydrogen-bond donors (Lipinski definition) is 0. The van der Waals surface area contributed by atoms with Crippen molar-refractivity contribution in [3.8, 4) is 0 Å². The standard InChI is InChI=1S/C6H9ClSi/c1-3-6(4-2)8-5-7/h3-4,6H,1-2,5H2. The second-order valence-electron chi connectivity index (χ2n) is 1.33. The van der Waals surface area contributed by atoms with Gasteiger partial charge in [0.2, 0.25) is 0 Å². The minimum Gasteiger partial charge on any atom is -0.131 e. The molecule has 0 nitrogen and oxygen atoms in total. The molecule has 2 radical (unpaired) electrons. The highest BCUT2D eigenvalue weighted by Gasteiger charge is 1.95. The fourth-order valence-corrected chi connectivity index (χ4v) is 1.40. The van der Waals surface area contributed by atoms with Gasteiger partial charge in [-0.3, -0.25) is 0 Å². The Morgan fingerprint density at radius 1 is 1.50 bits per heavy atom. The fraction of sp³-hybridized carbons (Fsp3) is 0.333. The molecule has 0 rings (SSSR count). The first kappa shape index (κ1) is 7.99. The summed E-state index contributed by atoms with van der Waals surface area (Å²) in [4.78, 5) is 0. The van der Waals surface area contributed by atoms with Crippen LogP contribution in [-0.2, 0) is 0 Å². The SMILES string of the molecule is C=CC(C=C)[Si]CCl. The minimum atomic E-state index is 0.424. The van der Waals surface area contributed by atoms with Crippen molar-refractivity contribution in [2.45, 2.75) is 5.54 Å². The fourth-order valence-electron chi connectivity index (χ4n) is 0.352. The average Bonchev–Trinajstić information content (AvgIpc) is 1.83. The summed E-state index contributed by atoms with van der Waals surface area (Å²) in [7, 11) is 0.735. The van der Waals surface area contributed by atoms with E-state index in [1.165, 1.54) is 0 Å². The Bertz CT molecular complexity index is 72.6. The molecule has 0 heterocycles. The summed E-state index contributed by atoms with van der Waals surface area (Å²) in [6.45, 7) is 7.26. The zero-order chi connectivity index (χ0) is 6.41. The summed E-state index contributed by atoms with van der Waals surface area (Å²) < 4.78 is 0. The second kappa shape index (κ2) is 5.13. The van der Waals surface area contributed by atoms with Gasteiger partial charge in [0.1, 0.15) is 0 Å². The molecule has 0 atom stereocenters. The maximum Gasteiger partial charge on any atom is 0.0709 e. The number of allylic oxidation sites excluding steroid dienone is 2.